The number of nitrogens with zero attached hydrogens (tertiary/aromatic N) is 4. The minimum Gasteiger partial charge on any atom is -0.455 e. The molecule has 11 rings (SSSR count). The van der Waals surface area contributed by atoms with Crippen LogP contribution in [0.3, 0.4) is 0 Å². The molecule has 0 atom stereocenters. The van der Waals surface area contributed by atoms with Crippen LogP contribution in [0.15, 0.2) is 223 Å². The highest BCUT2D eigenvalue weighted by Gasteiger charge is 2.20. The Kier molecular flexibility index (Phi) is 8.41. The smallest absolute Gasteiger partial charge is 0.143 e. The fourth-order valence-corrected chi connectivity index (χ4v) is 8.46. The summed E-state index contributed by atoms with van der Waals surface area (Å²) in [5.74, 6) is 0. The molecule has 11 aromatic rings. The van der Waals surface area contributed by atoms with Crippen LogP contribution >= 0.6 is 0 Å². The summed E-state index contributed by atoms with van der Waals surface area (Å²) in [4.78, 5) is 13.7. The third-order valence-corrected chi connectivity index (χ3v) is 11.2. The number of aromatic nitrogens is 2. The van der Waals surface area contributed by atoms with Gasteiger partial charge in [-0.05, 0) is 119 Å². The number of para-hydroxylation sites is 4. The topological polar surface area (TPSA) is 45.4 Å². The van der Waals surface area contributed by atoms with E-state index in [1.807, 2.05) is 24.8 Å². The van der Waals surface area contributed by atoms with E-state index in [0.717, 1.165) is 99.9 Å². The highest BCUT2D eigenvalue weighted by molar-refractivity contribution is 6.24. The molecule has 3 heterocycles. The van der Waals surface area contributed by atoms with Crippen LogP contribution in [-0.4, -0.2) is 9.97 Å². The number of anilines is 6. The molecule has 0 bridgehead atoms. The first kappa shape index (κ1) is 34.2. The van der Waals surface area contributed by atoms with Crippen molar-refractivity contribution in [3.8, 4) is 22.3 Å². The standard InChI is InChI=1S/C54H36N4O/c1-5-13-39(14-6-1)57(40-15-7-2-8-16-40)43-25-21-37(22-26-43)47-33-49-50-34-48(52-36-56-32-30-46(52)54(50)59-53(49)45-29-31-55-35-51(45)47)38-23-27-44(28-24-38)58(41-17-9-3-10-18-41)42-19-11-4-12-20-42/h1-36H. The van der Waals surface area contributed by atoms with Gasteiger partial charge in [-0.1, -0.05) is 97.1 Å². The Bertz CT molecular complexity index is 2940. The Morgan fingerprint density at radius 1 is 0.305 bits per heavy atom. The van der Waals surface area contributed by atoms with Crippen molar-refractivity contribution in [2.45, 2.75) is 0 Å². The molecule has 0 N–H and O–H groups in total. The van der Waals surface area contributed by atoms with Crippen LogP contribution in [0.2, 0.25) is 0 Å². The first-order valence-corrected chi connectivity index (χ1v) is 19.8. The Morgan fingerprint density at radius 3 is 0.966 bits per heavy atom. The van der Waals surface area contributed by atoms with Gasteiger partial charge in [-0.25, -0.2) is 0 Å². The van der Waals surface area contributed by atoms with E-state index < -0.39 is 0 Å². The van der Waals surface area contributed by atoms with Crippen molar-refractivity contribution in [2.75, 3.05) is 9.80 Å². The first-order valence-electron chi connectivity index (χ1n) is 19.8. The van der Waals surface area contributed by atoms with E-state index >= 15 is 0 Å². The van der Waals surface area contributed by atoms with Crippen LogP contribution in [0.5, 0.6) is 0 Å². The second kappa shape index (κ2) is 14.5. The van der Waals surface area contributed by atoms with Gasteiger partial charge >= 0.3 is 0 Å². The highest BCUT2D eigenvalue weighted by Crippen LogP contribution is 2.45. The Labute approximate surface area is 341 Å². The molecular weight excluding hydrogens is 721 g/mol. The normalized spacial score (nSPS) is 11.4. The van der Waals surface area contributed by atoms with Crippen LogP contribution in [-0.2, 0) is 0 Å². The highest BCUT2D eigenvalue weighted by atomic mass is 16.3. The molecular formula is C54H36N4O. The number of hydrogen-bond donors (Lipinski definition) is 0. The zero-order chi connectivity index (χ0) is 39.1. The number of hydrogen-bond acceptors (Lipinski definition) is 5. The van der Waals surface area contributed by atoms with E-state index in [-0.39, 0.29) is 0 Å². The molecule has 0 aliphatic heterocycles. The van der Waals surface area contributed by atoms with Gasteiger partial charge in [-0.15, -0.1) is 0 Å². The maximum Gasteiger partial charge on any atom is 0.143 e. The molecule has 0 aliphatic carbocycles. The number of fused-ring (bicyclic) bond motifs is 7. The monoisotopic (exact) mass is 756 g/mol. The molecule has 3 aromatic heterocycles. The molecule has 0 amide bonds. The van der Waals surface area contributed by atoms with E-state index in [1.165, 1.54) is 0 Å². The van der Waals surface area contributed by atoms with Crippen molar-refractivity contribution >= 4 is 77.6 Å². The van der Waals surface area contributed by atoms with Crippen LogP contribution in [0.1, 0.15) is 0 Å². The summed E-state index contributed by atoms with van der Waals surface area (Å²) in [5, 5.41) is 6.25. The number of rotatable bonds is 8. The lowest BCUT2D eigenvalue weighted by atomic mass is 9.93. The minimum absolute atomic E-state index is 0.851. The van der Waals surface area contributed by atoms with Gasteiger partial charge in [0.05, 0.1) is 0 Å². The van der Waals surface area contributed by atoms with Crippen LogP contribution in [0, 0.1) is 0 Å². The zero-order valence-corrected chi connectivity index (χ0v) is 32.0. The lowest BCUT2D eigenvalue weighted by Gasteiger charge is -2.25. The number of benzene rings is 8. The van der Waals surface area contributed by atoms with Gasteiger partial charge in [-0.2, -0.15) is 0 Å². The molecule has 5 heteroatoms. The number of pyridine rings is 2. The largest absolute Gasteiger partial charge is 0.455 e. The molecule has 0 aliphatic rings. The maximum absolute atomic E-state index is 6.89. The van der Waals surface area contributed by atoms with E-state index in [9.17, 15) is 0 Å². The third-order valence-electron chi connectivity index (χ3n) is 11.2. The summed E-state index contributed by atoms with van der Waals surface area (Å²) in [7, 11) is 0. The maximum atomic E-state index is 6.89. The summed E-state index contributed by atoms with van der Waals surface area (Å²) >= 11 is 0. The second-order valence-electron chi connectivity index (χ2n) is 14.7. The van der Waals surface area contributed by atoms with Crippen molar-refractivity contribution in [3.63, 3.8) is 0 Å². The molecule has 0 spiro atoms. The Balaban J connectivity index is 1.05. The lowest BCUT2D eigenvalue weighted by molar-refractivity contribution is 0.676. The summed E-state index contributed by atoms with van der Waals surface area (Å²) in [6.07, 6.45) is 7.61. The van der Waals surface area contributed by atoms with Gasteiger partial charge in [0.1, 0.15) is 11.2 Å². The third kappa shape index (κ3) is 6.04. The molecule has 59 heavy (non-hydrogen) atoms. The molecule has 0 radical (unpaired) electrons. The van der Waals surface area contributed by atoms with E-state index in [2.05, 4.69) is 214 Å². The van der Waals surface area contributed by atoms with E-state index in [0.29, 0.717) is 0 Å². The minimum atomic E-state index is 0.851. The molecule has 0 unspecified atom stereocenters. The molecule has 0 saturated carbocycles. The van der Waals surface area contributed by atoms with E-state index in [4.69, 9.17) is 4.42 Å². The molecule has 278 valence electrons. The Morgan fingerprint density at radius 2 is 0.627 bits per heavy atom. The number of furan rings is 1. The van der Waals surface area contributed by atoms with E-state index in [1.54, 1.807) is 0 Å². The van der Waals surface area contributed by atoms with Gasteiger partial charge in [0.15, 0.2) is 0 Å². The average Bonchev–Trinajstić information content (AvgIpc) is 3.70. The van der Waals surface area contributed by atoms with Crippen molar-refractivity contribution in [1.29, 1.82) is 0 Å². The van der Waals surface area contributed by atoms with Gasteiger partial charge in [-0.3, -0.25) is 9.97 Å². The van der Waals surface area contributed by atoms with Gasteiger partial charge < -0.3 is 14.2 Å². The molecule has 0 saturated heterocycles. The van der Waals surface area contributed by atoms with Crippen LogP contribution in [0.25, 0.3) is 65.7 Å². The predicted octanol–water partition coefficient (Wildman–Crippen LogP) is 15.0. The quantitative estimate of drug-likeness (QED) is 0.154. The summed E-state index contributed by atoms with van der Waals surface area (Å²) < 4.78 is 6.89. The molecule has 8 aromatic carbocycles. The summed E-state index contributed by atoms with van der Waals surface area (Å²) in [6, 6.07) is 68.3. The summed E-state index contributed by atoms with van der Waals surface area (Å²) in [5.41, 5.74) is 12.7. The van der Waals surface area contributed by atoms with Gasteiger partial charge in [0.25, 0.3) is 0 Å². The van der Waals surface area contributed by atoms with Crippen LogP contribution in [0.4, 0.5) is 34.1 Å². The van der Waals surface area contributed by atoms with Gasteiger partial charge in [0.2, 0.25) is 0 Å². The first-order chi connectivity index (χ1) is 29.3. The van der Waals surface area contributed by atoms with Crippen molar-refractivity contribution in [1.82, 2.24) is 9.97 Å². The van der Waals surface area contributed by atoms with Crippen molar-refractivity contribution in [2.24, 2.45) is 0 Å². The second-order valence-corrected chi connectivity index (χ2v) is 14.7. The SMILES string of the molecule is c1ccc(N(c2ccccc2)c2ccc(-c3cc4c5cc(-c6ccc(N(c7ccccc7)c7ccccc7)cc6)c6cnccc6c5oc4c4ccncc34)cc2)cc1. The lowest BCUT2D eigenvalue weighted by Crippen LogP contribution is -2.09. The summed E-state index contributed by atoms with van der Waals surface area (Å²) in [6.45, 7) is 0. The van der Waals surface area contributed by atoms with Crippen LogP contribution < -0.4 is 9.80 Å². The Hall–Kier alpha value is -8.02. The van der Waals surface area contributed by atoms with Gasteiger partial charge in [0, 0.05) is 91.2 Å². The van der Waals surface area contributed by atoms with Crippen molar-refractivity contribution in [3.05, 3.63) is 219 Å². The fraction of sp³-hybridized carbons (Fsp3) is 0. The molecule has 0 fully saturated rings. The average molecular weight is 757 g/mol. The predicted molar refractivity (Wildman–Crippen MR) is 245 cm³/mol. The van der Waals surface area contributed by atoms with Crippen molar-refractivity contribution < 1.29 is 4.42 Å². The molecule has 5 nitrogen and oxygen atoms in total. The zero-order valence-electron chi connectivity index (χ0n) is 32.0. The fourth-order valence-electron chi connectivity index (χ4n) is 8.46.